The maximum Gasteiger partial charge on any atom is 0.329 e. The summed E-state index contributed by atoms with van der Waals surface area (Å²) >= 11 is 0. The van der Waals surface area contributed by atoms with E-state index in [0.29, 0.717) is 6.42 Å². The first-order valence-electron chi connectivity index (χ1n) is 4.26. The van der Waals surface area contributed by atoms with Gasteiger partial charge in [-0.25, -0.2) is 4.79 Å². The highest BCUT2D eigenvalue weighted by Gasteiger charge is 2.07. The van der Waals surface area contributed by atoms with Crippen molar-refractivity contribution in [3.05, 3.63) is 0 Å². The molecule has 0 fully saturated rings. The smallest absolute Gasteiger partial charge is 0.329 e. The van der Waals surface area contributed by atoms with Gasteiger partial charge in [-0.2, -0.15) is 0 Å². The summed E-state index contributed by atoms with van der Waals surface area (Å²) in [7, 11) is 0. The summed E-state index contributed by atoms with van der Waals surface area (Å²) in [5, 5.41) is 19.3. The van der Waals surface area contributed by atoms with E-state index in [4.69, 9.17) is 10.2 Å². The zero-order chi connectivity index (χ0) is 11.0. The van der Waals surface area contributed by atoms with Crippen molar-refractivity contribution in [2.24, 2.45) is 0 Å². The Morgan fingerprint density at radius 3 is 2.57 bits per heavy atom. The Bertz CT molecular complexity index is 194. The van der Waals surface area contributed by atoms with E-state index in [1.54, 1.807) is 6.92 Å². The van der Waals surface area contributed by atoms with Crippen molar-refractivity contribution >= 4 is 11.9 Å². The van der Waals surface area contributed by atoms with Crippen LogP contribution in [-0.2, 0) is 14.3 Å². The van der Waals surface area contributed by atoms with Crippen LogP contribution in [0.5, 0.6) is 0 Å². The summed E-state index contributed by atoms with van der Waals surface area (Å²) in [4.78, 5) is 21.0. The van der Waals surface area contributed by atoms with Gasteiger partial charge in [0.05, 0.1) is 0 Å². The molecule has 6 nitrogen and oxygen atoms in total. The fourth-order valence-electron chi connectivity index (χ4n) is 0.813. The summed E-state index contributed by atoms with van der Waals surface area (Å²) in [5.41, 5.74) is 0. The maximum atomic E-state index is 11.0. The average Bonchev–Trinajstić information content (AvgIpc) is 2.03. The van der Waals surface area contributed by atoms with Crippen molar-refractivity contribution in [2.75, 3.05) is 19.8 Å². The number of aliphatic hydroxyl groups is 1. The van der Waals surface area contributed by atoms with Crippen LogP contribution in [0.15, 0.2) is 0 Å². The fraction of sp³-hybridized carbons (Fsp3) is 0.750. The highest BCUT2D eigenvalue weighted by Crippen LogP contribution is 1.88. The molecule has 6 heteroatoms. The SMILES string of the molecule is CC(CCO)NC(=O)COCC(=O)O. The topological polar surface area (TPSA) is 95.9 Å². The third kappa shape index (κ3) is 7.51. The van der Waals surface area contributed by atoms with Crippen LogP contribution in [0.25, 0.3) is 0 Å². The zero-order valence-corrected chi connectivity index (χ0v) is 8.02. The number of aliphatic hydroxyl groups excluding tert-OH is 1. The first kappa shape index (κ1) is 12.9. The van der Waals surface area contributed by atoms with Gasteiger partial charge in [-0.05, 0) is 13.3 Å². The van der Waals surface area contributed by atoms with Crippen LogP contribution in [0.3, 0.4) is 0 Å². The van der Waals surface area contributed by atoms with E-state index in [-0.39, 0.29) is 25.2 Å². The molecule has 0 bridgehead atoms. The van der Waals surface area contributed by atoms with E-state index in [9.17, 15) is 9.59 Å². The summed E-state index contributed by atoms with van der Waals surface area (Å²) in [5.74, 6) is -1.49. The van der Waals surface area contributed by atoms with Crippen molar-refractivity contribution in [1.82, 2.24) is 5.32 Å². The number of carbonyl (C=O) groups excluding carboxylic acids is 1. The van der Waals surface area contributed by atoms with Crippen LogP contribution >= 0.6 is 0 Å². The molecule has 14 heavy (non-hydrogen) atoms. The molecule has 0 aliphatic heterocycles. The van der Waals surface area contributed by atoms with Gasteiger partial charge >= 0.3 is 5.97 Å². The van der Waals surface area contributed by atoms with E-state index in [2.05, 4.69) is 10.1 Å². The lowest BCUT2D eigenvalue weighted by Crippen LogP contribution is -2.36. The summed E-state index contributed by atoms with van der Waals surface area (Å²) in [6.45, 7) is 0.979. The largest absolute Gasteiger partial charge is 0.480 e. The number of hydrogen-bond acceptors (Lipinski definition) is 4. The summed E-state index contributed by atoms with van der Waals surface area (Å²) < 4.78 is 4.56. The van der Waals surface area contributed by atoms with Crippen molar-refractivity contribution in [2.45, 2.75) is 19.4 Å². The van der Waals surface area contributed by atoms with Crippen molar-refractivity contribution in [3.8, 4) is 0 Å². The lowest BCUT2D eigenvalue weighted by atomic mass is 10.2. The van der Waals surface area contributed by atoms with Gasteiger partial charge in [0.2, 0.25) is 5.91 Å². The Labute approximate surface area is 81.9 Å². The Kier molecular flexibility index (Phi) is 6.69. The summed E-state index contributed by atoms with van der Waals surface area (Å²) in [6, 6.07) is -0.138. The van der Waals surface area contributed by atoms with Crippen molar-refractivity contribution in [3.63, 3.8) is 0 Å². The van der Waals surface area contributed by atoms with Crippen LogP contribution in [0, 0.1) is 0 Å². The molecule has 1 atom stereocenters. The van der Waals surface area contributed by atoms with Gasteiger partial charge in [0.15, 0.2) is 0 Å². The molecule has 0 aromatic heterocycles. The molecule has 0 aromatic carbocycles. The Balaban J connectivity index is 3.50. The van der Waals surface area contributed by atoms with Gasteiger partial charge in [0, 0.05) is 12.6 Å². The number of ether oxygens (including phenoxy) is 1. The molecule has 82 valence electrons. The minimum absolute atomic E-state index is 0.00255. The number of aliphatic carboxylic acids is 1. The molecule has 0 heterocycles. The normalized spacial score (nSPS) is 12.1. The quantitative estimate of drug-likeness (QED) is 0.494. The molecule has 0 spiro atoms. The second-order valence-corrected chi connectivity index (χ2v) is 2.87. The number of carboxylic acid groups (broad SMARTS) is 1. The second-order valence-electron chi connectivity index (χ2n) is 2.87. The number of carboxylic acids is 1. The van der Waals surface area contributed by atoms with E-state index < -0.39 is 12.6 Å². The van der Waals surface area contributed by atoms with E-state index in [0.717, 1.165) is 0 Å². The third-order valence-corrected chi connectivity index (χ3v) is 1.43. The Hall–Kier alpha value is -1.14. The van der Waals surface area contributed by atoms with Crippen LogP contribution in [-0.4, -0.2) is 48.0 Å². The van der Waals surface area contributed by atoms with E-state index >= 15 is 0 Å². The van der Waals surface area contributed by atoms with E-state index in [1.165, 1.54) is 0 Å². The fourth-order valence-corrected chi connectivity index (χ4v) is 0.813. The van der Waals surface area contributed by atoms with Crippen LogP contribution in [0.1, 0.15) is 13.3 Å². The number of rotatable bonds is 7. The van der Waals surface area contributed by atoms with Gasteiger partial charge in [-0.15, -0.1) is 0 Å². The van der Waals surface area contributed by atoms with Gasteiger partial charge in [0.25, 0.3) is 0 Å². The van der Waals surface area contributed by atoms with Crippen molar-refractivity contribution < 1.29 is 24.5 Å². The van der Waals surface area contributed by atoms with Gasteiger partial charge in [-0.1, -0.05) is 0 Å². The van der Waals surface area contributed by atoms with Gasteiger partial charge < -0.3 is 20.3 Å². The minimum atomic E-state index is -1.11. The highest BCUT2D eigenvalue weighted by molar-refractivity contribution is 5.78. The molecule has 0 saturated carbocycles. The standard InChI is InChI=1S/C8H15NO5/c1-6(2-3-10)9-7(11)4-14-5-8(12)13/h6,10H,2-5H2,1H3,(H,9,11)(H,12,13). The zero-order valence-electron chi connectivity index (χ0n) is 8.02. The lowest BCUT2D eigenvalue weighted by molar-refractivity contribution is -0.143. The third-order valence-electron chi connectivity index (χ3n) is 1.43. The molecule has 0 aliphatic rings. The predicted molar refractivity (Wildman–Crippen MR) is 47.8 cm³/mol. The second kappa shape index (κ2) is 7.28. The predicted octanol–water partition coefficient (Wildman–Crippen LogP) is -1.03. The molecule has 3 N–H and O–H groups in total. The number of carbonyl (C=O) groups is 2. The van der Waals surface area contributed by atoms with E-state index in [1.807, 2.05) is 0 Å². The first-order chi connectivity index (χ1) is 6.56. The number of amides is 1. The Morgan fingerprint density at radius 2 is 2.07 bits per heavy atom. The lowest BCUT2D eigenvalue weighted by Gasteiger charge is -2.11. The Morgan fingerprint density at radius 1 is 1.43 bits per heavy atom. The number of nitrogens with one attached hydrogen (secondary N) is 1. The molecule has 1 amide bonds. The molecule has 0 radical (unpaired) electrons. The average molecular weight is 205 g/mol. The molecular formula is C8H15NO5. The van der Waals surface area contributed by atoms with Crippen LogP contribution in [0.4, 0.5) is 0 Å². The van der Waals surface area contributed by atoms with Crippen molar-refractivity contribution in [1.29, 1.82) is 0 Å². The monoisotopic (exact) mass is 205 g/mol. The summed E-state index contributed by atoms with van der Waals surface area (Å²) in [6.07, 6.45) is 0.463. The highest BCUT2D eigenvalue weighted by atomic mass is 16.5. The minimum Gasteiger partial charge on any atom is -0.480 e. The first-order valence-corrected chi connectivity index (χ1v) is 4.26. The number of hydrogen-bond donors (Lipinski definition) is 3. The molecule has 0 aromatic rings. The molecule has 0 rings (SSSR count). The molecule has 0 aliphatic carbocycles. The van der Waals surface area contributed by atoms with Gasteiger partial charge in [-0.3, -0.25) is 4.79 Å². The maximum absolute atomic E-state index is 11.0. The molecule has 0 saturated heterocycles. The van der Waals surface area contributed by atoms with Crippen LogP contribution < -0.4 is 5.32 Å². The van der Waals surface area contributed by atoms with Crippen LogP contribution in [0.2, 0.25) is 0 Å². The molecule has 1 unspecified atom stereocenters. The van der Waals surface area contributed by atoms with Gasteiger partial charge in [0.1, 0.15) is 13.2 Å². The molecular weight excluding hydrogens is 190 g/mol.